The average molecular weight is 457 g/mol. The minimum Gasteiger partial charge on any atom is -0.462 e. The number of esters is 1. The Balaban J connectivity index is 1.52. The average Bonchev–Trinajstić information content (AvgIpc) is 3.37. The quantitative estimate of drug-likeness (QED) is 0.325. The lowest BCUT2D eigenvalue weighted by molar-refractivity contribution is -0.113. The first-order chi connectivity index (χ1) is 15.0. The second-order valence-corrected chi connectivity index (χ2v) is 8.32. The fourth-order valence-corrected chi connectivity index (χ4v) is 4.56. The van der Waals surface area contributed by atoms with E-state index in [1.165, 1.54) is 35.2 Å². The van der Waals surface area contributed by atoms with Crippen LogP contribution in [0.3, 0.4) is 0 Å². The Labute approximate surface area is 185 Å². The van der Waals surface area contributed by atoms with E-state index in [1.807, 2.05) is 24.4 Å². The number of carbonyl (C=O) groups excluding carboxylic acids is 2. The Morgan fingerprint density at radius 1 is 1.19 bits per heavy atom. The molecule has 0 saturated carbocycles. The third-order valence-electron chi connectivity index (χ3n) is 4.21. The van der Waals surface area contributed by atoms with E-state index in [1.54, 1.807) is 29.5 Å². The molecule has 31 heavy (non-hydrogen) atoms. The van der Waals surface area contributed by atoms with Crippen molar-refractivity contribution in [2.75, 3.05) is 17.7 Å². The van der Waals surface area contributed by atoms with Crippen molar-refractivity contribution in [2.45, 2.75) is 12.1 Å². The highest BCUT2D eigenvalue weighted by atomic mass is 32.2. The van der Waals surface area contributed by atoms with Crippen molar-refractivity contribution in [3.63, 3.8) is 0 Å². The largest absolute Gasteiger partial charge is 0.462 e. The Hall–Kier alpha value is -3.24. The molecule has 3 aromatic heterocycles. The number of ether oxygens (including phenoxy) is 1. The summed E-state index contributed by atoms with van der Waals surface area (Å²) in [4.78, 5) is 26.0. The first kappa shape index (κ1) is 21.0. The monoisotopic (exact) mass is 456 g/mol. The number of hydrogen-bond acceptors (Lipinski definition) is 7. The zero-order valence-corrected chi connectivity index (χ0v) is 18.0. The number of thioether (sulfide) groups is 1. The predicted octanol–water partition coefficient (Wildman–Crippen LogP) is 4.50. The lowest BCUT2D eigenvalue weighted by Gasteiger charge is -2.05. The first-order valence-electron chi connectivity index (χ1n) is 9.34. The topological polar surface area (TPSA) is 85.6 Å². The highest BCUT2D eigenvalue weighted by molar-refractivity contribution is 7.99. The van der Waals surface area contributed by atoms with E-state index in [4.69, 9.17) is 4.74 Å². The van der Waals surface area contributed by atoms with Crippen molar-refractivity contribution in [2.24, 2.45) is 0 Å². The number of aromatic nitrogens is 3. The van der Waals surface area contributed by atoms with Gasteiger partial charge in [-0.05, 0) is 42.8 Å². The van der Waals surface area contributed by atoms with Gasteiger partial charge in [0.1, 0.15) is 10.7 Å². The van der Waals surface area contributed by atoms with Crippen LogP contribution >= 0.6 is 23.1 Å². The lowest BCUT2D eigenvalue weighted by atomic mass is 10.2. The molecule has 1 N–H and O–H groups in total. The predicted molar refractivity (Wildman–Crippen MR) is 118 cm³/mol. The molecule has 0 saturated heterocycles. The second kappa shape index (κ2) is 9.27. The molecule has 10 heteroatoms. The smallest absolute Gasteiger partial charge is 0.350 e. The van der Waals surface area contributed by atoms with Gasteiger partial charge in [-0.25, -0.2) is 9.18 Å². The molecule has 0 bridgehead atoms. The molecule has 0 aliphatic carbocycles. The van der Waals surface area contributed by atoms with Gasteiger partial charge in [-0.3, -0.25) is 9.20 Å². The number of fused-ring (bicyclic) bond motifs is 1. The third kappa shape index (κ3) is 4.75. The summed E-state index contributed by atoms with van der Waals surface area (Å²) < 4.78 is 20.2. The van der Waals surface area contributed by atoms with Crippen LogP contribution in [0.25, 0.3) is 16.1 Å². The highest BCUT2D eigenvalue weighted by Gasteiger charge is 2.20. The van der Waals surface area contributed by atoms with Gasteiger partial charge in [0.05, 0.1) is 18.0 Å². The summed E-state index contributed by atoms with van der Waals surface area (Å²) in [5.74, 6) is -1.09. The van der Waals surface area contributed by atoms with Gasteiger partial charge in [0, 0.05) is 11.1 Å². The molecule has 0 fully saturated rings. The summed E-state index contributed by atoms with van der Waals surface area (Å²) in [6.07, 6.45) is 1.82. The molecule has 0 aliphatic rings. The number of pyridine rings is 1. The summed E-state index contributed by atoms with van der Waals surface area (Å²) in [5, 5.41) is 11.5. The molecular formula is C21H17FN4O3S2. The van der Waals surface area contributed by atoms with E-state index in [0.29, 0.717) is 16.5 Å². The summed E-state index contributed by atoms with van der Waals surface area (Å²) >= 11 is 2.42. The molecule has 0 aliphatic heterocycles. The summed E-state index contributed by atoms with van der Waals surface area (Å²) in [6, 6.07) is 13.2. The Kier molecular flexibility index (Phi) is 6.28. The van der Waals surface area contributed by atoms with Crippen LogP contribution in [0.15, 0.2) is 59.9 Å². The maximum absolute atomic E-state index is 13.2. The molecule has 4 rings (SSSR count). The van der Waals surface area contributed by atoms with Crippen LogP contribution in [-0.4, -0.2) is 38.8 Å². The van der Waals surface area contributed by atoms with Crippen molar-refractivity contribution >= 4 is 46.3 Å². The normalized spacial score (nSPS) is 10.9. The van der Waals surface area contributed by atoms with Crippen molar-refractivity contribution < 1.29 is 18.7 Å². The summed E-state index contributed by atoms with van der Waals surface area (Å²) in [6.45, 7) is 1.93. The van der Waals surface area contributed by atoms with Crippen LogP contribution in [0, 0.1) is 5.82 Å². The standard InChI is InChI=1S/C21H17FN4O3S2/c1-2-29-20(28)19-15(11-16(31-19)13-6-8-14(22)9-7-13)23-18(27)12-30-21-25-24-17-5-3-4-10-26(17)21/h3-11H,2,12H2,1H3,(H,23,27). The van der Waals surface area contributed by atoms with Gasteiger partial charge >= 0.3 is 5.97 Å². The first-order valence-corrected chi connectivity index (χ1v) is 11.1. The van der Waals surface area contributed by atoms with Crippen LogP contribution in [0.2, 0.25) is 0 Å². The number of nitrogens with zero attached hydrogens (tertiary/aromatic N) is 3. The third-order valence-corrected chi connectivity index (χ3v) is 6.32. The zero-order chi connectivity index (χ0) is 21.8. The number of thiophene rings is 1. The van der Waals surface area contributed by atoms with Gasteiger partial charge in [0.15, 0.2) is 10.8 Å². The lowest BCUT2D eigenvalue weighted by Crippen LogP contribution is -2.16. The minimum atomic E-state index is -0.521. The summed E-state index contributed by atoms with van der Waals surface area (Å²) in [7, 11) is 0. The molecule has 0 unspecified atom stereocenters. The van der Waals surface area contributed by atoms with Gasteiger partial charge in [-0.1, -0.05) is 30.0 Å². The van der Waals surface area contributed by atoms with E-state index < -0.39 is 5.97 Å². The molecular weight excluding hydrogens is 439 g/mol. The van der Waals surface area contributed by atoms with Gasteiger partial charge in [0.25, 0.3) is 0 Å². The van der Waals surface area contributed by atoms with Crippen LogP contribution < -0.4 is 5.32 Å². The number of rotatable bonds is 7. The van der Waals surface area contributed by atoms with Gasteiger partial charge in [0.2, 0.25) is 5.91 Å². The molecule has 4 aromatic rings. The molecule has 158 valence electrons. The molecule has 0 radical (unpaired) electrons. The Bertz CT molecular complexity index is 1240. The number of benzene rings is 1. The van der Waals surface area contributed by atoms with E-state index in [-0.39, 0.29) is 29.0 Å². The van der Waals surface area contributed by atoms with Crippen LogP contribution in [0.1, 0.15) is 16.6 Å². The maximum atomic E-state index is 13.2. The Morgan fingerprint density at radius 2 is 2.00 bits per heavy atom. The van der Waals surface area contributed by atoms with Crippen LogP contribution in [0.4, 0.5) is 10.1 Å². The van der Waals surface area contributed by atoms with E-state index in [9.17, 15) is 14.0 Å². The van der Waals surface area contributed by atoms with E-state index in [2.05, 4.69) is 15.5 Å². The fourth-order valence-electron chi connectivity index (χ4n) is 2.82. The van der Waals surface area contributed by atoms with Gasteiger partial charge < -0.3 is 10.1 Å². The number of anilines is 1. The van der Waals surface area contributed by atoms with Gasteiger partial charge in [-0.2, -0.15) is 0 Å². The van der Waals surface area contributed by atoms with E-state index in [0.717, 1.165) is 10.4 Å². The molecule has 7 nitrogen and oxygen atoms in total. The number of halogens is 1. The molecule has 0 spiro atoms. The van der Waals surface area contributed by atoms with Crippen molar-refractivity contribution in [1.82, 2.24) is 14.6 Å². The highest BCUT2D eigenvalue weighted by Crippen LogP contribution is 2.35. The van der Waals surface area contributed by atoms with E-state index >= 15 is 0 Å². The molecule has 3 heterocycles. The van der Waals surface area contributed by atoms with Crippen LogP contribution in [0.5, 0.6) is 0 Å². The zero-order valence-electron chi connectivity index (χ0n) is 16.4. The van der Waals surface area contributed by atoms with Crippen molar-refractivity contribution in [3.8, 4) is 10.4 Å². The maximum Gasteiger partial charge on any atom is 0.350 e. The minimum absolute atomic E-state index is 0.0830. The summed E-state index contributed by atoms with van der Waals surface area (Å²) in [5.41, 5.74) is 1.79. The SMILES string of the molecule is CCOC(=O)c1sc(-c2ccc(F)cc2)cc1NC(=O)CSc1nnc2ccccn12. The number of amides is 1. The number of nitrogens with one attached hydrogen (secondary N) is 1. The second-order valence-electron chi connectivity index (χ2n) is 6.33. The van der Waals surface area contributed by atoms with Crippen LogP contribution in [-0.2, 0) is 9.53 Å². The fraction of sp³-hybridized carbons (Fsp3) is 0.143. The Morgan fingerprint density at radius 3 is 2.77 bits per heavy atom. The van der Waals surface area contributed by atoms with Crippen molar-refractivity contribution in [3.05, 3.63) is 65.4 Å². The number of carbonyl (C=O) groups is 2. The van der Waals surface area contributed by atoms with Crippen molar-refractivity contribution in [1.29, 1.82) is 0 Å². The molecule has 0 atom stereocenters. The molecule has 1 aromatic carbocycles. The molecule has 1 amide bonds. The number of hydrogen-bond donors (Lipinski definition) is 1. The van der Waals surface area contributed by atoms with Gasteiger partial charge in [-0.15, -0.1) is 21.5 Å².